The van der Waals surface area contributed by atoms with E-state index in [1.165, 1.54) is 22.8 Å². The lowest BCUT2D eigenvalue weighted by Crippen LogP contribution is -2.30. The second-order valence-electron chi connectivity index (χ2n) is 5.34. The maximum absolute atomic E-state index is 11.4. The second-order valence-corrected chi connectivity index (χ2v) is 5.34. The van der Waals surface area contributed by atoms with E-state index >= 15 is 0 Å². The van der Waals surface area contributed by atoms with Crippen LogP contribution >= 0.6 is 0 Å². The number of carbonyl (C=O) groups is 1. The Morgan fingerprint density at radius 3 is 2.81 bits per heavy atom. The van der Waals surface area contributed by atoms with Gasteiger partial charge in [-0.3, -0.25) is 4.90 Å². The molecular formula is C18H23NO2. The Labute approximate surface area is 126 Å². The lowest BCUT2D eigenvalue weighted by Gasteiger charge is -2.28. The first-order valence-electron chi connectivity index (χ1n) is 7.48. The van der Waals surface area contributed by atoms with E-state index < -0.39 is 0 Å². The van der Waals surface area contributed by atoms with E-state index in [1.807, 2.05) is 19.1 Å². The standard InChI is InChI=1S/C18H23NO2/c1-3-21-18(20)10-9-17-14-19(12-11-15(17)2)13-16-7-5-4-6-8-16/h4-10H,3,11-14H2,1-2H3/b10-9+. The summed E-state index contributed by atoms with van der Waals surface area (Å²) in [6.07, 6.45) is 4.49. The summed E-state index contributed by atoms with van der Waals surface area (Å²) < 4.78 is 4.93. The van der Waals surface area contributed by atoms with Gasteiger partial charge in [0.15, 0.2) is 0 Å². The molecule has 0 unspecified atom stereocenters. The summed E-state index contributed by atoms with van der Waals surface area (Å²) in [6, 6.07) is 10.5. The van der Waals surface area contributed by atoms with Crippen LogP contribution in [-0.2, 0) is 16.1 Å². The van der Waals surface area contributed by atoms with E-state index in [0.29, 0.717) is 6.61 Å². The highest BCUT2D eigenvalue weighted by Gasteiger charge is 2.15. The number of benzene rings is 1. The molecule has 0 spiro atoms. The first-order valence-corrected chi connectivity index (χ1v) is 7.48. The van der Waals surface area contributed by atoms with Crippen LogP contribution in [0, 0.1) is 0 Å². The van der Waals surface area contributed by atoms with Crippen LogP contribution in [0.4, 0.5) is 0 Å². The number of ether oxygens (including phenoxy) is 1. The Kier molecular flexibility index (Phi) is 5.76. The summed E-state index contributed by atoms with van der Waals surface area (Å²) in [4.78, 5) is 13.8. The zero-order valence-corrected chi connectivity index (χ0v) is 12.8. The van der Waals surface area contributed by atoms with Crippen molar-refractivity contribution >= 4 is 5.97 Å². The summed E-state index contributed by atoms with van der Waals surface area (Å²) in [5, 5.41) is 0. The van der Waals surface area contributed by atoms with Gasteiger partial charge in [0.05, 0.1) is 6.61 Å². The molecule has 0 amide bonds. The van der Waals surface area contributed by atoms with Crippen molar-refractivity contribution in [1.29, 1.82) is 0 Å². The van der Waals surface area contributed by atoms with Crippen molar-refractivity contribution in [3.8, 4) is 0 Å². The zero-order valence-electron chi connectivity index (χ0n) is 12.8. The summed E-state index contributed by atoms with van der Waals surface area (Å²) in [7, 11) is 0. The van der Waals surface area contributed by atoms with Crippen molar-refractivity contribution in [3.05, 3.63) is 59.2 Å². The number of esters is 1. The van der Waals surface area contributed by atoms with E-state index in [4.69, 9.17) is 4.74 Å². The van der Waals surface area contributed by atoms with E-state index in [1.54, 1.807) is 0 Å². The second kappa shape index (κ2) is 7.79. The van der Waals surface area contributed by atoms with Gasteiger partial charge in [-0.2, -0.15) is 0 Å². The molecule has 0 N–H and O–H groups in total. The van der Waals surface area contributed by atoms with E-state index in [9.17, 15) is 4.79 Å². The number of hydrogen-bond acceptors (Lipinski definition) is 3. The normalized spacial score (nSPS) is 16.5. The predicted molar refractivity (Wildman–Crippen MR) is 84.8 cm³/mol. The molecule has 21 heavy (non-hydrogen) atoms. The van der Waals surface area contributed by atoms with Gasteiger partial charge in [-0.05, 0) is 31.4 Å². The molecule has 0 bridgehead atoms. The minimum atomic E-state index is -0.266. The third-order valence-corrected chi connectivity index (χ3v) is 3.70. The summed E-state index contributed by atoms with van der Waals surface area (Å²) in [6.45, 7) is 7.28. The topological polar surface area (TPSA) is 29.5 Å². The maximum Gasteiger partial charge on any atom is 0.330 e. The molecule has 3 nitrogen and oxygen atoms in total. The van der Waals surface area contributed by atoms with Gasteiger partial charge >= 0.3 is 5.97 Å². The maximum atomic E-state index is 11.4. The lowest BCUT2D eigenvalue weighted by molar-refractivity contribution is -0.137. The molecule has 0 atom stereocenters. The smallest absolute Gasteiger partial charge is 0.330 e. The van der Waals surface area contributed by atoms with Gasteiger partial charge in [0.25, 0.3) is 0 Å². The molecule has 1 heterocycles. The molecule has 1 aliphatic rings. The van der Waals surface area contributed by atoms with Crippen molar-refractivity contribution in [2.75, 3.05) is 19.7 Å². The molecule has 112 valence electrons. The van der Waals surface area contributed by atoms with Gasteiger partial charge in [0.2, 0.25) is 0 Å². The Morgan fingerprint density at radius 1 is 1.33 bits per heavy atom. The molecule has 0 radical (unpaired) electrons. The minimum absolute atomic E-state index is 0.266. The van der Waals surface area contributed by atoms with Gasteiger partial charge in [0.1, 0.15) is 0 Å². The highest BCUT2D eigenvalue weighted by molar-refractivity contribution is 5.82. The fourth-order valence-electron chi connectivity index (χ4n) is 2.47. The van der Waals surface area contributed by atoms with Crippen LogP contribution in [-0.4, -0.2) is 30.6 Å². The van der Waals surface area contributed by atoms with Crippen LogP contribution < -0.4 is 0 Å². The summed E-state index contributed by atoms with van der Waals surface area (Å²) in [5.41, 5.74) is 3.91. The van der Waals surface area contributed by atoms with Gasteiger partial charge in [-0.1, -0.05) is 42.0 Å². The van der Waals surface area contributed by atoms with Crippen molar-refractivity contribution in [2.24, 2.45) is 0 Å². The van der Waals surface area contributed by atoms with Crippen molar-refractivity contribution < 1.29 is 9.53 Å². The molecule has 0 aliphatic carbocycles. The zero-order chi connectivity index (χ0) is 15.1. The highest BCUT2D eigenvalue weighted by atomic mass is 16.5. The first-order chi connectivity index (χ1) is 10.2. The Hall–Kier alpha value is -1.87. The fourth-order valence-corrected chi connectivity index (χ4v) is 2.47. The molecule has 0 saturated heterocycles. The third kappa shape index (κ3) is 4.87. The first kappa shape index (κ1) is 15.5. The van der Waals surface area contributed by atoms with Gasteiger partial charge in [0, 0.05) is 25.7 Å². The SMILES string of the molecule is CCOC(=O)/C=C/C1=C(C)CCN(Cc2ccccc2)C1. The molecule has 1 aromatic carbocycles. The van der Waals surface area contributed by atoms with E-state index in [2.05, 4.69) is 36.1 Å². The largest absolute Gasteiger partial charge is 0.463 e. The van der Waals surface area contributed by atoms with Crippen LogP contribution in [0.5, 0.6) is 0 Å². The van der Waals surface area contributed by atoms with Gasteiger partial charge in [-0.15, -0.1) is 0 Å². The van der Waals surface area contributed by atoms with Gasteiger partial charge in [-0.25, -0.2) is 4.79 Å². The monoisotopic (exact) mass is 285 g/mol. The molecule has 1 aromatic rings. The molecule has 0 fully saturated rings. The van der Waals surface area contributed by atoms with E-state index in [0.717, 1.165) is 26.1 Å². The number of carbonyl (C=O) groups excluding carboxylic acids is 1. The fraction of sp³-hybridized carbons (Fsp3) is 0.389. The Balaban J connectivity index is 1.97. The van der Waals surface area contributed by atoms with Crippen LogP contribution in [0.1, 0.15) is 25.8 Å². The number of hydrogen-bond donors (Lipinski definition) is 0. The van der Waals surface area contributed by atoms with Gasteiger partial charge < -0.3 is 4.74 Å². The molecular weight excluding hydrogens is 262 g/mol. The Bertz CT molecular complexity index is 531. The third-order valence-electron chi connectivity index (χ3n) is 3.70. The summed E-state index contributed by atoms with van der Waals surface area (Å²) >= 11 is 0. The molecule has 0 saturated carbocycles. The van der Waals surface area contributed by atoms with Crippen molar-refractivity contribution in [2.45, 2.75) is 26.8 Å². The minimum Gasteiger partial charge on any atom is -0.463 e. The number of nitrogens with zero attached hydrogens (tertiary/aromatic N) is 1. The molecule has 1 aliphatic heterocycles. The van der Waals surface area contributed by atoms with Crippen LogP contribution in [0.25, 0.3) is 0 Å². The predicted octanol–water partition coefficient (Wildman–Crippen LogP) is 3.33. The summed E-state index contributed by atoms with van der Waals surface area (Å²) in [5.74, 6) is -0.266. The molecule has 2 rings (SSSR count). The quantitative estimate of drug-likeness (QED) is 0.614. The highest BCUT2D eigenvalue weighted by Crippen LogP contribution is 2.20. The molecule has 0 aromatic heterocycles. The van der Waals surface area contributed by atoms with Crippen molar-refractivity contribution in [1.82, 2.24) is 4.90 Å². The van der Waals surface area contributed by atoms with E-state index in [-0.39, 0.29) is 5.97 Å². The lowest BCUT2D eigenvalue weighted by atomic mass is 10.0. The molecule has 3 heteroatoms. The van der Waals surface area contributed by atoms with Crippen LogP contribution in [0.3, 0.4) is 0 Å². The van der Waals surface area contributed by atoms with Crippen LogP contribution in [0.2, 0.25) is 0 Å². The average Bonchev–Trinajstić information content (AvgIpc) is 2.49. The number of rotatable bonds is 5. The van der Waals surface area contributed by atoms with Crippen LogP contribution in [0.15, 0.2) is 53.6 Å². The van der Waals surface area contributed by atoms with Crippen molar-refractivity contribution in [3.63, 3.8) is 0 Å². The Morgan fingerprint density at radius 2 is 2.10 bits per heavy atom. The average molecular weight is 285 g/mol.